The van der Waals surface area contributed by atoms with Crippen molar-refractivity contribution in [1.82, 2.24) is 4.90 Å². The van der Waals surface area contributed by atoms with Gasteiger partial charge in [-0.05, 0) is 42.0 Å². The second-order valence-corrected chi connectivity index (χ2v) is 6.06. The van der Waals surface area contributed by atoms with Gasteiger partial charge in [-0.1, -0.05) is 37.6 Å². The van der Waals surface area contributed by atoms with Crippen LogP contribution in [0.15, 0.2) is 18.2 Å². The maximum absolute atomic E-state index is 6.30. The Kier molecular flexibility index (Phi) is 4.66. The highest BCUT2D eigenvalue weighted by Crippen LogP contribution is 2.27. The van der Waals surface area contributed by atoms with E-state index in [0.29, 0.717) is 6.54 Å². The van der Waals surface area contributed by atoms with Crippen LogP contribution in [0.3, 0.4) is 0 Å². The molecule has 0 amide bonds. The Balaban J connectivity index is 1.98. The quantitative estimate of drug-likeness (QED) is 0.906. The second kappa shape index (κ2) is 6.05. The molecule has 0 radical (unpaired) electrons. The van der Waals surface area contributed by atoms with Gasteiger partial charge in [-0.2, -0.15) is 0 Å². The highest BCUT2D eigenvalue weighted by Gasteiger charge is 2.24. The molecule has 0 saturated carbocycles. The molecular weight excluding hydrogens is 244 g/mol. The van der Waals surface area contributed by atoms with Crippen LogP contribution >= 0.6 is 11.6 Å². The van der Waals surface area contributed by atoms with Gasteiger partial charge >= 0.3 is 0 Å². The normalized spacial score (nSPS) is 20.8. The summed E-state index contributed by atoms with van der Waals surface area (Å²) in [6.45, 7) is 8.55. The predicted molar refractivity (Wildman–Crippen MR) is 77.6 cm³/mol. The summed E-state index contributed by atoms with van der Waals surface area (Å²) in [6.07, 6.45) is 1.32. The van der Waals surface area contributed by atoms with E-state index in [4.69, 9.17) is 17.3 Å². The van der Waals surface area contributed by atoms with Gasteiger partial charge in [0.15, 0.2) is 0 Å². The number of likely N-dealkylation sites (tertiary alicyclic amines) is 1. The van der Waals surface area contributed by atoms with Crippen molar-refractivity contribution >= 4 is 11.6 Å². The average molecular weight is 267 g/mol. The van der Waals surface area contributed by atoms with Gasteiger partial charge in [0.05, 0.1) is 0 Å². The zero-order valence-corrected chi connectivity index (χ0v) is 12.1. The first-order valence-corrected chi connectivity index (χ1v) is 7.17. The molecule has 1 fully saturated rings. The van der Waals surface area contributed by atoms with Crippen LogP contribution in [0.2, 0.25) is 5.02 Å². The average Bonchev–Trinajstić information content (AvgIpc) is 2.80. The van der Waals surface area contributed by atoms with Crippen LogP contribution in [0.4, 0.5) is 0 Å². The molecule has 2 nitrogen and oxygen atoms in total. The zero-order valence-electron chi connectivity index (χ0n) is 11.3. The van der Waals surface area contributed by atoms with E-state index in [9.17, 15) is 0 Å². The largest absolute Gasteiger partial charge is 0.326 e. The third kappa shape index (κ3) is 3.25. The number of nitrogens with zero attached hydrogens (tertiary/aromatic N) is 1. The Morgan fingerprint density at radius 3 is 2.78 bits per heavy atom. The molecule has 1 atom stereocenters. The van der Waals surface area contributed by atoms with Crippen molar-refractivity contribution in [2.75, 3.05) is 13.1 Å². The van der Waals surface area contributed by atoms with E-state index >= 15 is 0 Å². The second-order valence-electron chi connectivity index (χ2n) is 5.66. The summed E-state index contributed by atoms with van der Waals surface area (Å²) < 4.78 is 0. The molecule has 1 aromatic rings. The van der Waals surface area contributed by atoms with E-state index in [1.807, 2.05) is 6.07 Å². The van der Waals surface area contributed by atoms with Crippen LogP contribution in [0, 0.1) is 11.8 Å². The van der Waals surface area contributed by atoms with E-state index in [1.54, 1.807) is 0 Å². The fourth-order valence-corrected chi connectivity index (χ4v) is 2.90. The monoisotopic (exact) mass is 266 g/mol. The summed E-state index contributed by atoms with van der Waals surface area (Å²) in [5.41, 5.74) is 7.94. The molecule has 1 saturated heterocycles. The molecule has 1 aliphatic heterocycles. The summed E-state index contributed by atoms with van der Waals surface area (Å²) in [6, 6.07) is 6.19. The molecule has 0 spiro atoms. The first kappa shape index (κ1) is 13.9. The van der Waals surface area contributed by atoms with Crippen molar-refractivity contribution in [2.24, 2.45) is 17.6 Å². The summed E-state index contributed by atoms with van der Waals surface area (Å²) in [5, 5.41) is 0.853. The summed E-state index contributed by atoms with van der Waals surface area (Å²) >= 11 is 6.30. The molecule has 1 aliphatic rings. The number of hydrogen-bond donors (Lipinski definition) is 1. The molecule has 0 aliphatic carbocycles. The zero-order chi connectivity index (χ0) is 13.1. The number of nitrogens with two attached hydrogens (primary N) is 1. The molecule has 100 valence electrons. The number of hydrogen-bond acceptors (Lipinski definition) is 2. The lowest BCUT2D eigenvalue weighted by Gasteiger charge is -2.18. The number of rotatable bonds is 4. The molecule has 2 N–H and O–H groups in total. The van der Waals surface area contributed by atoms with Crippen molar-refractivity contribution in [1.29, 1.82) is 0 Å². The van der Waals surface area contributed by atoms with Crippen molar-refractivity contribution < 1.29 is 0 Å². The fourth-order valence-electron chi connectivity index (χ4n) is 2.64. The SMILES string of the molecule is CC(C)C1CCN(Cc2ccc(CN)cc2Cl)C1. The highest BCUT2D eigenvalue weighted by atomic mass is 35.5. The van der Waals surface area contributed by atoms with Gasteiger partial charge in [-0.25, -0.2) is 0 Å². The third-order valence-corrected chi connectivity index (χ3v) is 4.35. The Morgan fingerprint density at radius 2 is 2.22 bits per heavy atom. The van der Waals surface area contributed by atoms with Crippen LogP contribution < -0.4 is 5.73 Å². The van der Waals surface area contributed by atoms with Crippen LogP contribution in [0.5, 0.6) is 0 Å². The number of benzene rings is 1. The van der Waals surface area contributed by atoms with Crippen molar-refractivity contribution in [3.63, 3.8) is 0 Å². The maximum Gasteiger partial charge on any atom is 0.0454 e. The lowest BCUT2D eigenvalue weighted by molar-refractivity contribution is 0.297. The fraction of sp³-hybridized carbons (Fsp3) is 0.600. The molecule has 0 bridgehead atoms. The topological polar surface area (TPSA) is 29.3 Å². The molecule has 1 heterocycles. The van der Waals surface area contributed by atoms with Crippen LogP contribution in [0.25, 0.3) is 0 Å². The van der Waals surface area contributed by atoms with Gasteiger partial charge < -0.3 is 5.73 Å². The Hall–Kier alpha value is -0.570. The first-order chi connectivity index (χ1) is 8.60. The molecule has 0 aromatic heterocycles. The standard InChI is InChI=1S/C15H23ClN2/c1-11(2)13-5-6-18(9-13)10-14-4-3-12(8-17)7-15(14)16/h3-4,7,11,13H,5-6,8-10,17H2,1-2H3. The van der Waals surface area contributed by atoms with Gasteiger partial charge in [0, 0.05) is 24.7 Å². The molecule has 1 aromatic carbocycles. The van der Waals surface area contributed by atoms with Crippen LogP contribution in [-0.2, 0) is 13.1 Å². The summed E-state index contributed by atoms with van der Waals surface area (Å²) in [7, 11) is 0. The van der Waals surface area contributed by atoms with E-state index in [1.165, 1.54) is 25.1 Å². The van der Waals surface area contributed by atoms with Gasteiger partial charge in [0.1, 0.15) is 0 Å². The lowest BCUT2D eigenvalue weighted by Crippen LogP contribution is -2.21. The predicted octanol–water partition coefficient (Wildman–Crippen LogP) is 3.28. The Morgan fingerprint density at radius 1 is 1.44 bits per heavy atom. The van der Waals surface area contributed by atoms with E-state index < -0.39 is 0 Å². The minimum absolute atomic E-state index is 0.555. The molecular formula is C15H23ClN2. The van der Waals surface area contributed by atoms with Gasteiger partial charge in [0.2, 0.25) is 0 Å². The number of halogens is 1. The van der Waals surface area contributed by atoms with Crippen molar-refractivity contribution in [3.8, 4) is 0 Å². The van der Waals surface area contributed by atoms with Gasteiger partial charge in [-0.3, -0.25) is 4.90 Å². The van der Waals surface area contributed by atoms with E-state index in [0.717, 1.165) is 29.0 Å². The molecule has 2 rings (SSSR count). The van der Waals surface area contributed by atoms with Crippen molar-refractivity contribution in [3.05, 3.63) is 34.3 Å². The third-order valence-electron chi connectivity index (χ3n) is 4.00. The van der Waals surface area contributed by atoms with Crippen molar-refractivity contribution in [2.45, 2.75) is 33.4 Å². The summed E-state index contributed by atoms with van der Waals surface area (Å²) in [5.74, 6) is 1.62. The smallest absolute Gasteiger partial charge is 0.0454 e. The van der Waals surface area contributed by atoms with Crippen LogP contribution in [0.1, 0.15) is 31.4 Å². The molecule has 3 heteroatoms. The maximum atomic E-state index is 6.30. The van der Waals surface area contributed by atoms with Gasteiger partial charge in [0.25, 0.3) is 0 Å². The Labute approximate surface area is 115 Å². The molecule has 18 heavy (non-hydrogen) atoms. The summed E-state index contributed by atoms with van der Waals surface area (Å²) in [4.78, 5) is 2.51. The van der Waals surface area contributed by atoms with Gasteiger partial charge in [-0.15, -0.1) is 0 Å². The minimum Gasteiger partial charge on any atom is -0.326 e. The molecule has 1 unspecified atom stereocenters. The van der Waals surface area contributed by atoms with Crippen LogP contribution in [-0.4, -0.2) is 18.0 Å². The minimum atomic E-state index is 0.555. The first-order valence-electron chi connectivity index (χ1n) is 6.80. The van der Waals surface area contributed by atoms with E-state index in [-0.39, 0.29) is 0 Å². The Bertz CT molecular complexity index is 403. The highest BCUT2D eigenvalue weighted by molar-refractivity contribution is 6.31. The van der Waals surface area contributed by atoms with E-state index in [2.05, 4.69) is 30.9 Å². The lowest BCUT2D eigenvalue weighted by atomic mass is 9.95.